The van der Waals surface area contributed by atoms with E-state index in [1.165, 1.54) is 5.69 Å². The Bertz CT molecular complexity index is 503. The number of aromatic nitrogens is 4. The molecule has 0 radical (unpaired) electrons. The molecular weight excluding hydrogens is 274 g/mol. The van der Waals surface area contributed by atoms with Gasteiger partial charge in [0.1, 0.15) is 0 Å². The second-order valence-electron chi connectivity index (χ2n) is 5.03. The summed E-state index contributed by atoms with van der Waals surface area (Å²) in [5.41, 5.74) is 2.31. The van der Waals surface area contributed by atoms with Gasteiger partial charge in [0.15, 0.2) is 0 Å². The van der Waals surface area contributed by atoms with Crippen molar-refractivity contribution in [2.75, 3.05) is 0 Å². The second kappa shape index (κ2) is 8.07. The van der Waals surface area contributed by atoms with Crippen molar-refractivity contribution in [3.8, 4) is 0 Å². The molecule has 2 aromatic heterocycles. The van der Waals surface area contributed by atoms with Crippen LogP contribution in [0.2, 0.25) is 0 Å². The summed E-state index contributed by atoms with van der Waals surface area (Å²) in [4.78, 5) is 0. The van der Waals surface area contributed by atoms with Crippen LogP contribution in [0, 0.1) is 0 Å². The Balaban J connectivity index is 0.00000200. The molecule has 0 bridgehead atoms. The Labute approximate surface area is 126 Å². The predicted octanol–water partition coefficient (Wildman–Crippen LogP) is 2.78. The van der Waals surface area contributed by atoms with Crippen LogP contribution >= 0.6 is 12.4 Å². The zero-order valence-corrected chi connectivity index (χ0v) is 13.2. The molecular formula is C14H24ClN5. The van der Waals surface area contributed by atoms with Gasteiger partial charge in [0.25, 0.3) is 0 Å². The van der Waals surface area contributed by atoms with Crippen LogP contribution in [-0.4, -0.2) is 19.6 Å². The third-order valence-corrected chi connectivity index (χ3v) is 3.04. The minimum atomic E-state index is 0. The first kappa shape index (κ1) is 16.7. The van der Waals surface area contributed by atoms with E-state index in [1.807, 2.05) is 17.1 Å². The molecule has 0 spiro atoms. The van der Waals surface area contributed by atoms with Crippen LogP contribution in [0.25, 0.3) is 0 Å². The highest BCUT2D eigenvalue weighted by Gasteiger charge is 2.04. The molecule has 5 nitrogen and oxygen atoms in total. The van der Waals surface area contributed by atoms with Crippen LogP contribution in [0.15, 0.2) is 24.5 Å². The van der Waals surface area contributed by atoms with Crippen LogP contribution in [0.3, 0.4) is 0 Å². The monoisotopic (exact) mass is 297 g/mol. The van der Waals surface area contributed by atoms with Gasteiger partial charge in [-0.15, -0.1) is 12.4 Å². The molecule has 0 aromatic carbocycles. The molecule has 0 saturated carbocycles. The van der Waals surface area contributed by atoms with Gasteiger partial charge < -0.3 is 5.32 Å². The predicted molar refractivity (Wildman–Crippen MR) is 82.9 cm³/mol. The Hall–Kier alpha value is -1.33. The van der Waals surface area contributed by atoms with Gasteiger partial charge in [-0.25, -0.2) is 0 Å². The highest BCUT2D eigenvalue weighted by Crippen LogP contribution is 2.05. The zero-order valence-electron chi connectivity index (χ0n) is 12.4. The molecule has 0 aliphatic carbocycles. The average molecular weight is 298 g/mol. The molecule has 2 aromatic rings. The molecule has 0 unspecified atom stereocenters. The quantitative estimate of drug-likeness (QED) is 0.855. The number of halogens is 1. The van der Waals surface area contributed by atoms with Gasteiger partial charge in [0.05, 0.1) is 11.4 Å². The maximum Gasteiger partial charge on any atom is 0.0762 e. The summed E-state index contributed by atoms with van der Waals surface area (Å²) in [5.74, 6) is 0. The van der Waals surface area contributed by atoms with Crippen molar-refractivity contribution in [2.24, 2.45) is 0 Å². The van der Waals surface area contributed by atoms with E-state index in [2.05, 4.69) is 53.1 Å². The van der Waals surface area contributed by atoms with Crippen molar-refractivity contribution in [1.29, 1.82) is 0 Å². The summed E-state index contributed by atoms with van der Waals surface area (Å²) in [6.07, 6.45) is 5.00. The van der Waals surface area contributed by atoms with Crippen molar-refractivity contribution >= 4 is 12.4 Å². The van der Waals surface area contributed by atoms with E-state index in [0.29, 0.717) is 6.04 Å². The number of nitrogens with one attached hydrogen (secondary N) is 1. The van der Waals surface area contributed by atoms with Gasteiger partial charge in [-0.1, -0.05) is 6.92 Å². The van der Waals surface area contributed by atoms with Crippen LogP contribution in [0.5, 0.6) is 0 Å². The van der Waals surface area contributed by atoms with Gasteiger partial charge in [0.2, 0.25) is 0 Å². The van der Waals surface area contributed by atoms with E-state index >= 15 is 0 Å². The molecule has 112 valence electrons. The lowest BCUT2D eigenvalue weighted by Crippen LogP contribution is -2.17. The minimum Gasteiger partial charge on any atom is -0.305 e. The lowest BCUT2D eigenvalue weighted by molar-refractivity contribution is 0.516. The summed E-state index contributed by atoms with van der Waals surface area (Å²) >= 11 is 0. The topological polar surface area (TPSA) is 47.7 Å². The van der Waals surface area contributed by atoms with Gasteiger partial charge in [0, 0.05) is 38.1 Å². The molecule has 0 saturated heterocycles. The van der Waals surface area contributed by atoms with Crippen molar-refractivity contribution in [1.82, 2.24) is 24.9 Å². The largest absolute Gasteiger partial charge is 0.305 e. The standard InChI is InChI=1S/C14H23N5.ClH/c1-4-8-19-14(5-7-16-19)11-15-10-13-6-9-18(17-13)12(2)3;/h5-7,9,12,15H,4,8,10-11H2,1-3H3;1H. The van der Waals surface area contributed by atoms with Crippen molar-refractivity contribution in [3.63, 3.8) is 0 Å². The average Bonchev–Trinajstić information content (AvgIpc) is 3.00. The van der Waals surface area contributed by atoms with Gasteiger partial charge in [-0.2, -0.15) is 10.2 Å². The van der Waals surface area contributed by atoms with Crippen molar-refractivity contribution < 1.29 is 0 Å². The Kier molecular flexibility index (Phi) is 6.75. The first-order valence-corrected chi connectivity index (χ1v) is 6.96. The normalized spacial score (nSPS) is 10.8. The lowest BCUT2D eigenvalue weighted by Gasteiger charge is -2.07. The molecule has 0 aliphatic heterocycles. The smallest absolute Gasteiger partial charge is 0.0762 e. The lowest BCUT2D eigenvalue weighted by atomic mass is 10.3. The first-order valence-electron chi connectivity index (χ1n) is 6.96. The molecule has 2 heterocycles. The third-order valence-electron chi connectivity index (χ3n) is 3.04. The first-order chi connectivity index (χ1) is 9.20. The van der Waals surface area contributed by atoms with Crippen molar-refractivity contribution in [2.45, 2.75) is 52.9 Å². The summed E-state index contributed by atoms with van der Waals surface area (Å²) in [6.45, 7) is 9.02. The molecule has 0 fully saturated rings. The number of rotatable bonds is 7. The van der Waals surface area contributed by atoms with E-state index in [-0.39, 0.29) is 12.4 Å². The van der Waals surface area contributed by atoms with E-state index in [4.69, 9.17) is 0 Å². The van der Waals surface area contributed by atoms with Gasteiger partial charge in [-0.3, -0.25) is 9.36 Å². The summed E-state index contributed by atoms with van der Waals surface area (Å²) in [6, 6.07) is 4.55. The maximum atomic E-state index is 4.52. The Morgan fingerprint density at radius 3 is 2.70 bits per heavy atom. The molecule has 20 heavy (non-hydrogen) atoms. The Morgan fingerprint density at radius 2 is 2.05 bits per heavy atom. The number of hydrogen-bond acceptors (Lipinski definition) is 3. The highest BCUT2D eigenvalue weighted by molar-refractivity contribution is 5.85. The molecule has 0 atom stereocenters. The van der Waals surface area contributed by atoms with E-state index < -0.39 is 0 Å². The number of nitrogens with zero attached hydrogens (tertiary/aromatic N) is 4. The summed E-state index contributed by atoms with van der Waals surface area (Å²) in [7, 11) is 0. The fourth-order valence-corrected chi connectivity index (χ4v) is 2.00. The molecule has 0 amide bonds. The highest BCUT2D eigenvalue weighted by atomic mass is 35.5. The van der Waals surface area contributed by atoms with Crippen molar-refractivity contribution in [3.05, 3.63) is 35.9 Å². The molecule has 6 heteroatoms. The van der Waals surface area contributed by atoms with Gasteiger partial charge >= 0.3 is 0 Å². The van der Waals surface area contributed by atoms with Gasteiger partial charge in [-0.05, 0) is 32.4 Å². The third kappa shape index (κ3) is 4.35. The minimum absolute atomic E-state index is 0. The summed E-state index contributed by atoms with van der Waals surface area (Å²) in [5, 5.41) is 12.3. The summed E-state index contributed by atoms with van der Waals surface area (Å²) < 4.78 is 4.04. The molecule has 2 rings (SSSR count). The molecule has 0 aliphatic rings. The SMILES string of the molecule is CCCn1nccc1CNCc1ccn(C(C)C)n1.Cl. The number of hydrogen-bond donors (Lipinski definition) is 1. The fourth-order valence-electron chi connectivity index (χ4n) is 2.00. The number of aryl methyl sites for hydroxylation is 1. The van der Waals surface area contributed by atoms with E-state index in [9.17, 15) is 0 Å². The van der Waals surface area contributed by atoms with Crippen LogP contribution in [0.4, 0.5) is 0 Å². The second-order valence-corrected chi connectivity index (χ2v) is 5.03. The van der Waals surface area contributed by atoms with Crippen LogP contribution in [0.1, 0.15) is 44.6 Å². The Morgan fingerprint density at radius 1 is 1.25 bits per heavy atom. The van der Waals surface area contributed by atoms with Crippen LogP contribution in [-0.2, 0) is 19.6 Å². The van der Waals surface area contributed by atoms with E-state index in [1.54, 1.807) is 0 Å². The molecule has 1 N–H and O–H groups in total. The zero-order chi connectivity index (χ0) is 13.7. The maximum absolute atomic E-state index is 4.52. The van der Waals surface area contributed by atoms with E-state index in [0.717, 1.165) is 31.7 Å². The van der Waals surface area contributed by atoms with Crippen LogP contribution < -0.4 is 5.32 Å². The fraction of sp³-hybridized carbons (Fsp3) is 0.571.